The number of hydrogen-bond donors (Lipinski definition) is 1. The fraction of sp³-hybridized carbons (Fsp3) is 0.238. The van der Waals surface area contributed by atoms with Gasteiger partial charge in [0.05, 0.1) is 4.88 Å². The second-order valence-electron chi connectivity index (χ2n) is 6.56. The SMILES string of the molecule is Cc1c(CCC(=O)O)ccc(OCc2c(Cl)nsc2-c2ccc(Cl)cc2F)c1C. The molecule has 0 unspecified atom stereocenters. The highest BCUT2D eigenvalue weighted by Crippen LogP contribution is 2.36. The minimum absolute atomic E-state index is 0.0761. The number of benzene rings is 2. The zero-order chi connectivity index (χ0) is 21.1. The minimum Gasteiger partial charge on any atom is -0.488 e. The van der Waals surface area contributed by atoms with Gasteiger partial charge in [0.2, 0.25) is 0 Å². The molecular formula is C21H18Cl2FNO3S. The Kier molecular flexibility index (Phi) is 6.77. The molecule has 0 radical (unpaired) electrons. The Bertz CT molecular complexity index is 1070. The van der Waals surface area contributed by atoms with E-state index in [-0.39, 0.29) is 18.2 Å². The van der Waals surface area contributed by atoms with Crippen LogP contribution in [0.5, 0.6) is 5.75 Å². The van der Waals surface area contributed by atoms with Crippen LogP contribution in [0.1, 0.15) is 28.7 Å². The molecule has 152 valence electrons. The fourth-order valence-corrected chi connectivity index (χ4v) is 4.25. The lowest BCUT2D eigenvalue weighted by Crippen LogP contribution is -2.03. The molecule has 3 rings (SSSR count). The van der Waals surface area contributed by atoms with E-state index in [9.17, 15) is 9.18 Å². The molecule has 0 spiro atoms. The van der Waals surface area contributed by atoms with E-state index in [2.05, 4.69) is 4.37 Å². The average Bonchev–Trinajstić information content (AvgIpc) is 3.02. The third-order valence-electron chi connectivity index (χ3n) is 4.75. The van der Waals surface area contributed by atoms with Crippen molar-refractivity contribution in [3.63, 3.8) is 0 Å². The molecule has 0 fully saturated rings. The third-order valence-corrected chi connectivity index (χ3v) is 6.32. The summed E-state index contributed by atoms with van der Waals surface area (Å²) in [5, 5.41) is 9.47. The molecule has 0 amide bonds. The van der Waals surface area contributed by atoms with Crippen LogP contribution in [0.25, 0.3) is 10.4 Å². The van der Waals surface area contributed by atoms with Gasteiger partial charge in [0.15, 0.2) is 0 Å². The molecule has 0 aliphatic rings. The lowest BCUT2D eigenvalue weighted by Gasteiger charge is -2.14. The van der Waals surface area contributed by atoms with Crippen molar-refractivity contribution in [2.75, 3.05) is 0 Å². The summed E-state index contributed by atoms with van der Waals surface area (Å²) in [5.74, 6) is -0.621. The largest absolute Gasteiger partial charge is 0.488 e. The van der Waals surface area contributed by atoms with Gasteiger partial charge in [-0.15, -0.1) is 0 Å². The first-order chi connectivity index (χ1) is 13.8. The second kappa shape index (κ2) is 9.11. The van der Waals surface area contributed by atoms with Gasteiger partial charge in [-0.3, -0.25) is 4.79 Å². The highest BCUT2D eigenvalue weighted by atomic mass is 35.5. The van der Waals surface area contributed by atoms with Crippen molar-refractivity contribution in [2.24, 2.45) is 0 Å². The topological polar surface area (TPSA) is 59.4 Å². The minimum atomic E-state index is -0.830. The van der Waals surface area contributed by atoms with Gasteiger partial charge in [0.25, 0.3) is 0 Å². The van der Waals surface area contributed by atoms with Gasteiger partial charge in [-0.25, -0.2) is 4.39 Å². The van der Waals surface area contributed by atoms with Crippen LogP contribution in [-0.2, 0) is 17.8 Å². The number of nitrogens with zero attached hydrogens (tertiary/aromatic N) is 1. The molecule has 0 saturated heterocycles. The number of carboxylic acids is 1. The Labute approximate surface area is 182 Å². The maximum atomic E-state index is 14.3. The van der Waals surface area contributed by atoms with Crippen LogP contribution in [0.4, 0.5) is 4.39 Å². The van der Waals surface area contributed by atoms with Gasteiger partial charge in [-0.2, -0.15) is 4.37 Å². The molecule has 1 N–H and O–H groups in total. The van der Waals surface area contributed by atoms with Crippen molar-refractivity contribution < 1.29 is 19.0 Å². The number of aromatic nitrogens is 1. The predicted molar refractivity (Wildman–Crippen MR) is 114 cm³/mol. The maximum Gasteiger partial charge on any atom is 0.303 e. The van der Waals surface area contributed by atoms with Crippen LogP contribution < -0.4 is 4.74 Å². The molecular weight excluding hydrogens is 436 g/mol. The third kappa shape index (κ3) is 4.89. The summed E-state index contributed by atoms with van der Waals surface area (Å²) in [6.45, 7) is 3.98. The molecule has 0 aliphatic carbocycles. The predicted octanol–water partition coefficient (Wildman–Crippen LogP) is 6.47. The van der Waals surface area contributed by atoms with Gasteiger partial charge in [-0.05, 0) is 72.8 Å². The Morgan fingerprint density at radius 1 is 1.21 bits per heavy atom. The van der Waals surface area contributed by atoms with E-state index < -0.39 is 11.8 Å². The number of halogens is 3. The Morgan fingerprint density at radius 3 is 2.66 bits per heavy atom. The Hall–Kier alpha value is -2.15. The van der Waals surface area contributed by atoms with Gasteiger partial charge in [0, 0.05) is 22.6 Å². The summed E-state index contributed by atoms with van der Waals surface area (Å²) in [7, 11) is 0. The summed E-state index contributed by atoms with van der Waals surface area (Å²) >= 11 is 13.2. The van der Waals surface area contributed by atoms with E-state index in [4.69, 9.17) is 33.0 Å². The van der Waals surface area contributed by atoms with E-state index >= 15 is 0 Å². The molecule has 1 aromatic heterocycles. The van der Waals surface area contributed by atoms with Crippen molar-refractivity contribution >= 4 is 40.7 Å². The van der Waals surface area contributed by atoms with Crippen molar-refractivity contribution in [1.82, 2.24) is 4.37 Å². The van der Waals surface area contributed by atoms with Gasteiger partial charge < -0.3 is 9.84 Å². The first-order valence-corrected chi connectivity index (χ1v) is 10.3. The zero-order valence-electron chi connectivity index (χ0n) is 15.8. The molecule has 0 aliphatic heterocycles. The highest BCUT2D eigenvalue weighted by molar-refractivity contribution is 7.10. The van der Waals surface area contributed by atoms with E-state index in [0.29, 0.717) is 33.2 Å². The van der Waals surface area contributed by atoms with Crippen molar-refractivity contribution in [3.05, 3.63) is 68.6 Å². The quantitative estimate of drug-likeness (QED) is 0.445. The Balaban J connectivity index is 1.83. The van der Waals surface area contributed by atoms with E-state index in [0.717, 1.165) is 28.2 Å². The van der Waals surface area contributed by atoms with Gasteiger partial charge >= 0.3 is 5.97 Å². The molecule has 0 bridgehead atoms. The molecule has 29 heavy (non-hydrogen) atoms. The van der Waals surface area contributed by atoms with Crippen LogP contribution in [0.3, 0.4) is 0 Å². The number of rotatable bonds is 7. The number of aliphatic carboxylic acids is 1. The molecule has 0 atom stereocenters. The molecule has 1 heterocycles. The van der Waals surface area contributed by atoms with Gasteiger partial charge in [-0.1, -0.05) is 29.3 Å². The normalized spacial score (nSPS) is 10.9. The van der Waals surface area contributed by atoms with E-state index in [1.54, 1.807) is 12.1 Å². The van der Waals surface area contributed by atoms with Crippen molar-refractivity contribution in [3.8, 4) is 16.2 Å². The summed E-state index contributed by atoms with van der Waals surface area (Å²) in [6.07, 6.45) is 0.537. The van der Waals surface area contributed by atoms with Crippen LogP contribution in [0, 0.1) is 19.7 Å². The highest BCUT2D eigenvalue weighted by Gasteiger charge is 2.19. The first-order valence-electron chi connectivity index (χ1n) is 8.81. The standard InChI is InChI=1S/C21H18Cl2FNO3S/c1-11-12(2)18(7-3-13(11)4-8-19(26)27)28-10-16-20(29-25-21(16)23)15-6-5-14(22)9-17(15)24/h3,5-7,9H,4,8,10H2,1-2H3,(H,26,27). The van der Waals surface area contributed by atoms with Crippen molar-refractivity contribution in [1.29, 1.82) is 0 Å². The number of ether oxygens (including phenoxy) is 1. The number of carboxylic acid groups (broad SMARTS) is 1. The number of aryl methyl sites for hydroxylation is 1. The van der Waals surface area contributed by atoms with E-state index in [1.807, 2.05) is 26.0 Å². The van der Waals surface area contributed by atoms with Crippen LogP contribution in [0.15, 0.2) is 30.3 Å². The van der Waals surface area contributed by atoms with Crippen LogP contribution >= 0.6 is 34.7 Å². The van der Waals surface area contributed by atoms with Crippen LogP contribution in [-0.4, -0.2) is 15.4 Å². The Morgan fingerprint density at radius 2 is 1.97 bits per heavy atom. The summed E-state index contributed by atoms with van der Waals surface area (Å²) in [6, 6.07) is 8.14. The number of carbonyl (C=O) groups is 1. The summed E-state index contributed by atoms with van der Waals surface area (Å²) < 4.78 is 24.5. The van der Waals surface area contributed by atoms with Crippen molar-refractivity contribution in [2.45, 2.75) is 33.3 Å². The van der Waals surface area contributed by atoms with Gasteiger partial charge in [0.1, 0.15) is 23.3 Å². The lowest BCUT2D eigenvalue weighted by molar-refractivity contribution is -0.136. The average molecular weight is 454 g/mol. The summed E-state index contributed by atoms with van der Waals surface area (Å²) in [4.78, 5) is 11.4. The zero-order valence-corrected chi connectivity index (χ0v) is 18.1. The first kappa shape index (κ1) is 21.6. The molecule has 0 saturated carbocycles. The fourth-order valence-electron chi connectivity index (χ4n) is 2.97. The van der Waals surface area contributed by atoms with Crippen LogP contribution in [0.2, 0.25) is 10.2 Å². The van der Waals surface area contributed by atoms with E-state index in [1.165, 1.54) is 6.07 Å². The smallest absolute Gasteiger partial charge is 0.303 e. The molecule has 3 aromatic rings. The monoisotopic (exact) mass is 453 g/mol. The lowest BCUT2D eigenvalue weighted by atomic mass is 9.99. The molecule has 2 aromatic carbocycles. The summed E-state index contributed by atoms with van der Waals surface area (Å²) in [5.41, 5.74) is 3.85. The maximum absolute atomic E-state index is 14.3. The molecule has 4 nitrogen and oxygen atoms in total. The second-order valence-corrected chi connectivity index (χ2v) is 8.13. The number of hydrogen-bond acceptors (Lipinski definition) is 4. The molecule has 8 heteroatoms.